The summed E-state index contributed by atoms with van der Waals surface area (Å²) in [4.78, 5) is 12.4. The minimum Gasteiger partial charge on any atom is -0.396 e. The molecule has 3 rings (SSSR count). The van der Waals surface area contributed by atoms with Crippen molar-refractivity contribution in [2.75, 3.05) is 18.5 Å². The van der Waals surface area contributed by atoms with Crippen LogP contribution in [0.1, 0.15) is 41.6 Å². The molecule has 1 saturated carbocycles. The van der Waals surface area contributed by atoms with Gasteiger partial charge < -0.3 is 15.7 Å². The second-order valence-corrected chi connectivity index (χ2v) is 5.86. The van der Waals surface area contributed by atoms with E-state index < -0.39 is 0 Å². The van der Waals surface area contributed by atoms with Gasteiger partial charge in [0.05, 0.1) is 0 Å². The first-order valence-electron chi connectivity index (χ1n) is 7.56. The zero-order chi connectivity index (χ0) is 13.9. The van der Waals surface area contributed by atoms with E-state index in [1.807, 2.05) is 18.2 Å². The summed E-state index contributed by atoms with van der Waals surface area (Å²) in [5.74, 6) is 0.187. The van der Waals surface area contributed by atoms with Gasteiger partial charge >= 0.3 is 0 Å². The Morgan fingerprint density at radius 1 is 1.35 bits per heavy atom. The molecule has 2 aliphatic rings. The number of anilines is 1. The number of fused-ring (bicyclic) bond motifs is 1. The Morgan fingerprint density at radius 2 is 2.20 bits per heavy atom. The first-order chi connectivity index (χ1) is 9.78. The summed E-state index contributed by atoms with van der Waals surface area (Å²) in [5, 5.41) is 15.8. The summed E-state index contributed by atoms with van der Waals surface area (Å²) >= 11 is 0. The lowest BCUT2D eigenvalue weighted by molar-refractivity contribution is 0.0872. The molecule has 0 radical (unpaired) electrons. The highest BCUT2D eigenvalue weighted by Gasteiger charge is 2.26. The van der Waals surface area contributed by atoms with Gasteiger partial charge in [0, 0.05) is 36.4 Å². The number of hydrogen-bond acceptors (Lipinski definition) is 3. The Hall–Kier alpha value is -1.55. The van der Waals surface area contributed by atoms with E-state index in [1.165, 1.54) is 5.56 Å². The second-order valence-electron chi connectivity index (χ2n) is 5.86. The molecular weight excluding hydrogens is 252 g/mol. The van der Waals surface area contributed by atoms with Gasteiger partial charge in [-0.15, -0.1) is 0 Å². The van der Waals surface area contributed by atoms with Crippen molar-refractivity contribution in [1.82, 2.24) is 5.32 Å². The molecule has 0 bridgehead atoms. The Labute approximate surface area is 119 Å². The summed E-state index contributed by atoms with van der Waals surface area (Å²) in [7, 11) is 0. The molecule has 1 aromatic carbocycles. The molecule has 0 spiro atoms. The lowest BCUT2D eigenvalue weighted by atomic mass is 9.85. The Bertz CT molecular complexity index is 501. The fourth-order valence-corrected chi connectivity index (χ4v) is 3.30. The number of aliphatic hydroxyl groups is 1. The molecule has 108 valence electrons. The van der Waals surface area contributed by atoms with Crippen LogP contribution in [0, 0.1) is 5.92 Å². The highest BCUT2D eigenvalue weighted by molar-refractivity contribution is 5.95. The number of carbonyl (C=O) groups is 1. The Morgan fingerprint density at radius 3 is 3.05 bits per heavy atom. The molecule has 0 aromatic heterocycles. The Balaban J connectivity index is 1.69. The largest absolute Gasteiger partial charge is 0.396 e. The third-order valence-electron chi connectivity index (χ3n) is 4.54. The number of rotatable bonds is 3. The molecule has 1 amide bonds. The quantitative estimate of drug-likeness (QED) is 0.789. The van der Waals surface area contributed by atoms with Crippen LogP contribution in [0.15, 0.2) is 18.2 Å². The number of benzene rings is 1. The normalized spacial score (nSPS) is 24.9. The zero-order valence-corrected chi connectivity index (χ0v) is 11.7. The molecule has 2 unspecified atom stereocenters. The monoisotopic (exact) mass is 274 g/mol. The number of hydrogen-bond donors (Lipinski definition) is 3. The molecule has 0 saturated heterocycles. The van der Waals surface area contributed by atoms with E-state index in [0.717, 1.165) is 44.3 Å². The van der Waals surface area contributed by atoms with Crippen LogP contribution in [-0.4, -0.2) is 30.2 Å². The number of amides is 1. The Kier molecular flexibility index (Phi) is 3.92. The molecule has 1 aromatic rings. The van der Waals surface area contributed by atoms with Crippen molar-refractivity contribution >= 4 is 11.6 Å². The predicted octanol–water partition coefficient (Wildman–Crippen LogP) is 1.94. The molecule has 4 nitrogen and oxygen atoms in total. The minimum atomic E-state index is -0.0214. The van der Waals surface area contributed by atoms with Crippen LogP contribution in [0.4, 0.5) is 5.69 Å². The molecule has 2 atom stereocenters. The maximum absolute atomic E-state index is 12.4. The first kappa shape index (κ1) is 13.4. The predicted molar refractivity (Wildman–Crippen MR) is 78.9 cm³/mol. The van der Waals surface area contributed by atoms with Crippen LogP contribution in [0.2, 0.25) is 0 Å². The maximum atomic E-state index is 12.4. The summed E-state index contributed by atoms with van der Waals surface area (Å²) in [6, 6.07) is 5.99. The van der Waals surface area contributed by atoms with Crippen LogP contribution in [0.25, 0.3) is 0 Å². The van der Waals surface area contributed by atoms with E-state index in [4.69, 9.17) is 0 Å². The number of aliphatic hydroxyl groups excluding tert-OH is 1. The summed E-state index contributed by atoms with van der Waals surface area (Å²) < 4.78 is 0. The lowest BCUT2D eigenvalue weighted by Gasteiger charge is -2.30. The molecule has 4 heteroatoms. The molecular formula is C16H22N2O2. The van der Waals surface area contributed by atoms with Gasteiger partial charge in [0.1, 0.15) is 0 Å². The van der Waals surface area contributed by atoms with E-state index in [0.29, 0.717) is 5.56 Å². The third kappa shape index (κ3) is 2.66. The van der Waals surface area contributed by atoms with Crippen molar-refractivity contribution in [2.24, 2.45) is 5.92 Å². The number of carbonyl (C=O) groups excluding carboxylic acids is 1. The zero-order valence-electron chi connectivity index (χ0n) is 11.7. The van der Waals surface area contributed by atoms with E-state index >= 15 is 0 Å². The maximum Gasteiger partial charge on any atom is 0.251 e. The fraction of sp³-hybridized carbons (Fsp3) is 0.562. The summed E-state index contributed by atoms with van der Waals surface area (Å²) in [6.07, 6.45) is 5.30. The van der Waals surface area contributed by atoms with Crippen molar-refractivity contribution in [1.29, 1.82) is 0 Å². The molecule has 1 aliphatic heterocycles. The smallest absolute Gasteiger partial charge is 0.251 e. The number of nitrogens with one attached hydrogen (secondary N) is 2. The third-order valence-corrected chi connectivity index (χ3v) is 4.54. The highest BCUT2D eigenvalue weighted by Crippen LogP contribution is 2.26. The van der Waals surface area contributed by atoms with Crippen molar-refractivity contribution in [2.45, 2.75) is 38.1 Å². The van der Waals surface area contributed by atoms with Crippen LogP contribution in [0.5, 0.6) is 0 Å². The van der Waals surface area contributed by atoms with Crippen LogP contribution in [-0.2, 0) is 6.42 Å². The average Bonchev–Trinajstić information content (AvgIpc) is 2.95. The van der Waals surface area contributed by atoms with E-state index in [9.17, 15) is 9.90 Å². The molecule has 3 N–H and O–H groups in total. The minimum absolute atomic E-state index is 0.0214. The van der Waals surface area contributed by atoms with Gasteiger partial charge in [-0.3, -0.25) is 4.79 Å². The fourth-order valence-electron chi connectivity index (χ4n) is 3.30. The molecule has 20 heavy (non-hydrogen) atoms. The standard InChI is InChI=1S/C16H22N2O2/c19-10-13-3-1-2-4-14(13)18-16(20)12-6-5-11-7-8-17-15(11)9-12/h5-6,9,13-14,17,19H,1-4,7-8,10H2,(H,18,20). The van der Waals surface area contributed by atoms with Gasteiger partial charge in [0.2, 0.25) is 0 Å². The van der Waals surface area contributed by atoms with Crippen molar-refractivity contribution in [3.63, 3.8) is 0 Å². The first-order valence-corrected chi connectivity index (χ1v) is 7.56. The van der Waals surface area contributed by atoms with Gasteiger partial charge in [-0.1, -0.05) is 18.9 Å². The van der Waals surface area contributed by atoms with Crippen molar-refractivity contribution < 1.29 is 9.90 Å². The van der Waals surface area contributed by atoms with E-state index in [1.54, 1.807) is 0 Å². The summed E-state index contributed by atoms with van der Waals surface area (Å²) in [6.45, 7) is 1.12. The van der Waals surface area contributed by atoms with Gasteiger partial charge in [-0.25, -0.2) is 0 Å². The van der Waals surface area contributed by atoms with Gasteiger partial charge in [0.15, 0.2) is 0 Å². The van der Waals surface area contributed by atoms with E-state index in [-0.39, 0.29) is 24.5 Å². The topological polar surface area (TPSA) is 61.4 Å². The second kappa shape index (κ2) is 5.83. The molecule has 1 fully saturated rings. The molecule has 1 heterocycles. The SMILES string of the molecule is O=C(NC1CCCCC1CO)c1ccc2c(c1)NCC2. The molecule has 1 aliphatic carbocycles. The van der Waals surface area contributed by atoms with Crippen LogP contribution < -0.4 is 10.6 Å². The van der Waals surface area contributed by atoms with Gasteiger partial charge in [-0.05, 0) is 37.0 Å². The van der Waals surface area contributed by atoms with E-state index in [2.05, 4.69) is 10.6 Å². The summed E-state index contributed by atoms with van der Waals surface area (Å²) in [5.41, 5.74) is 3.08. The van der Waals surface area contributed by atoms with Crippen LogP contribution in [0.3, 0.4) is 0 Å². The van der Waals surface area contributed by atoms with Crippen molar-refractivity contribution in [3.05, 3.63) is 29.3 Å². The highest BCUT2D eigenvalue weighted by atomic mass is 16.3. The van der Waals surface area contributed by atoms with Gasteiger partial charge in [-0.2, -0.15) is 0 Å². The van der Waals surface area contributed by atoms with Gasteiger partial charge in [0.25, 0.3) is 5.91 Å². The van der Waals surface area contributed by atoms with Crippen LogP contribution >= 0.6 is 0 Å². The average molecular weight is 274 g/mol. The van der Waals surface area contributed by atoms with Crippen molar-refractivity contribution in [3.8, 4) is 0 Å². The lowest BCUT2D eigenvalue weighted by Crippen LogP contribution is -2.43.